The van der Waals surface area contributed by atoms with E-state index in [-0.39, 0.29) is 60.6 Å². The Hall–Kier alpha value is 0.810. The van der Waals surface area contributed by atoms with Gasteiger partial charge in [0.1, 0.15) is 21.6 Å². The molecule has 0 atom stereocenters. The second-order valence-electron chi connectivity index (χ2n) is 5.09. The van der Waals surface area contributed by atoms with Crippen molar-refractivity contribution >= 4 is 26.0 Å². The summed E-state index contributed by atoms with van der Waals surface area (Å²) in [7, 11) is -2.57. The van der Waals surface area contributed by atoms with Gasteiger partial charge >= 0.3 is 42.2 Å². The molecule has 0 saturated heterocycles. The molecule has 0 aliphatic carbocycles. The number of hydrogen-bond donors (Lipinski definition) is 0. The van der Waals surface area contributed by atoms with E-state index >= 15 is 0 Å². The summed E-state index contributed by atoms with van der Waals surface area (Å²) in [5.74, 6) is -1.01. The molecule has 28 heavy (non-hydrogen) atoms. The number of hydrogen-bond acceptors (Lipinski definition) is 7. The van der Waals surface area contributed by atoms with Gasteiger partial charge < -0.3 is 14.0 Å². The van der Waals surface area contributed by atoms with E-state index < -0.39 is 28.7 Å². The predicted octanol–water partition coefficient (Wildman–Crippen LogP) is -0.451. The number of alkyl halides is 7. The average molecular weight is 523 g/mol. The van der Waals surface area contributed by atoms with Crippen LogP contribution in [0.25, 0.3) is 0 Å². The summed E-state index contributed by atoms with van der Waals surface area (Å²) >= 11 is 3.00. The first-order valence-corrected chi connectivity index (χ1v) is 10.0. The van der Waals surface area contributed by atoms with Gasteiger partial charge in [0, 0.05) is 26.3 Å². The zero-order valence-corrected chi connectivity index (χ0v) is 20.0. The van der Waals surface area contributed by atoms with E-state index in [9.17, 15) is 39.3 Å². The van der Waals surface area contributed by atoms with E-state index in [1.165, 1.54) is 0 Å². The molecule has 0 amide bonds. The zero-order valence-electron chi connectivity index (χ0n) is 15.6. The van der Waals surface area contributed by atoms with Crippen LogP contribution in [0.15, 0.2) is 0 Å². The minimum Gasteiger partial charge on any atom is -0.746 e. The molecule has 0 saturated carbocycles. The van der Waals surface area contributed by atoms with Crippen LogP contribution in [0.1, 0.15) is 12.8 Å². The van der Waals surface area contributed by atoms with Gasteiger partial charge in [0.15, 0.2) is 0 Å². The van der Waals surface area contributed by atoms with Gasteiger partial charge in [-0.25, -0.2) is 18.2 Å². The Morgan fingerprint density at radius 2 is 1.25 bits per heavy atom. The first kappa shape index (κ1) is 33.4. The van der Waals surface area contributed by atoms with Crippen LogP contribution in [0.2, 0.25) is 0 Å². The number of rotatable bonds is 11. The second-order valence-corrected chi connectivity index (χ2v) is 6.90. The molecule has 0 aliphatic rings. The van der Waals surface area contributed by atoms with Gasteiger partial charge in [-0.2, -0.15) is 26.3 Å². The molecule has 0 bridgehead atoms. The summed E-state index contributed by atoms with van der Waals surface area (Å²) in [5.41, 5.74) is 0.364. The molecule has 16 heteroatoms. The van der Waals surface area contributed by atoms with Crippen LogP contribution in [-0.2, 0) is 19.6 Å². The van der Waals surface area contributed by atoms with Crippen molar-refractivity contribution in [2.24, 2.45) is 0 Å². The SMILES string of the molecule is CN(CCCOCBr)C(F)(F)F.CN(CCCOCS(=O)(=O)[O-])C(F)(F)F.[Na+]. The van der Waals surface area contributed by atoms with Gasteiger partial charge in [-0.1, -0.05) is 15.9 Å². The van der Waals surface area contributed by atoms with Crippen molar-refractivity contribution in [1.82, 2.24) is 9.80 Å². The molecule has 0 aromatic rings. The fourth-order valence-electron chi connectivity index (χ4n) is 1.28. The molecular weight excluding hydrogens is 501 g/mol. The summed E-state index contributed by atoms with van der Waals surface area (Å²) < 4.78 is 110. The fourth-order valence-corrected chi connectivity index (χ4v) is 1.83. The van der Waals surface area contributed by atoms with E-state index in [4.69, 9.17) is 4.74 Å². The Bertz CT molecular complexity index is 484. The second kappa shape index (κ2) is 16.5. The van der Waals surface area contributed by atoms with Crippen LogP contribution in [0.4, 0.5) is 26.3 Å². The Morgan fingerprint density at radius 3 is 1.54 bits per heavy atom. The number of ether oxygens (including phenoxy) is 2. The van der Waals surface area contributed by atoms with Gasteiger partial charge in [0.2, 0.25) is 0 Å². The largest absolute Gasteiger partial charge is 1.00 e. The predicted molar refractivity (Wildman–Crippen MR) is 86.9 cm³/mol. The molecule has 0 spiro atoms. The Kier molecular flexibility index (Phi) is 19.7. The maximum absolute atomic E-state index is 11.9. The van der Waals surface area contributed by atoms with E-state index in [2.05, 4.69) is 20.7 Å². The van der Waals surface area contributed by atoms with Crippen molar-refractivity contribution in [2.75, 3.05) is 51.9 Å². The molecule has 0 aromatic heterocycles. The van der Waals surface area contributed by atoms with Crippen molar-refractivity contribution in [3.8, 4) is 0 Å². The van der Waals surface area contributed by atoms with Crippen molar-refractivity contribution in [3.05, 3.63) is 0 Å². The minimum atomic E-state index is -4.46. The molecule has 0 rings (SSSR count). The Morgan fingerprint density at radius 1 is 0.893 bits per heavy atom. The molecule has 0 heterocycles. The summed E-state index contributed by atoms with van der Waals surface area (Å²) in [4.78, 5) is 0.479. The van der Waals surface area contributed by atoms with E-state index in [1.54, 1.807) is 0 Å². The van der Waals surface area contributed by atoms with E-state index in [0.717, 1.165) is 14.1 Å². The number of halogens is 7. The maximum atomic E-state index is 11.9. The summed E-state index contributed by atoms with van der Waals surface area (Å²) in [6.07, 6.45) is -8.27. The topological polar surface area (TPSA) is 82.1 Å². The smallest absolute Gasteiger partial charge is 0.746 e. The van der Waals surface area contributed by atoms with Crippen LogP contribution in [0.3, 0.4) is 0 Å². The molecular formula is C12H22BrF6N2NaO5S. The van der Waals surface area contributed by atoms with Crippen molar-refractivity contribution in [3.63, 3.8) is 0 Å². The Balaban J connectivity index is -0.000000441. The third-order valence-corrected chi connectivity index (χ3v) is 3.51. The van der Waals surface area contributed by atoms with Crippen LogP contribution >= 0.6 is 15.9 Å². The summed E-state index contributed by atoms with van der Waals surface area (Å²) in [6, 6.07) is 0. The monoisotopic (exact) mass is 522 g/mol. The van der Waals surface area contributed by atoms with Crippen LogP contribution < -0.4 is 29.6 Å². The summed E-state index contributed by atoms with van der Waals surface area (Å²) in [6.45, 7) is -0.216. The van der Waals surface area contributed by atoms with Crippen LogP contribution in [0.5, 0.6) is 0 Å². The molecule has 166 valence electrons. The normalized spacial score (nSPS) is 12.6. The third kappa shape index (κ3) is 23.1. The van der Waals surface area contributed by atoms with Gasteiger partial charge in [0.05, 0.1) is 0 Å². The number of nitrogens with zero attached hydrogens (tertiary/aromatic N) is 2. The molecule has 0 N–H and O–H groups in total. The molecule has 0 fully saturated rings. The standard InChI is InChI=1S/C6H11BrF3NO.C6H12F3NO4S.Na/c1-11(6(8,9)10)3-2-4-12-5-7;1-10(6(7,8)9)3-2-4-14-5-15(11,12)13;/h2-5H2,1H3;2-5H2,1H3,(H,11,12,13);/q;;+1/p-1. The fraction of sp³-hybridized carbons (Fsp3) is 1.00. The van der Waals surface area contributed by atoms with E-state index in [0.29, 0.717) is 23.4 Å². The van der Waals surface area contributed by atoms with E-state index in [1.807, 2.05) is 0 Å². The van der Waals surface area contributed by atoms with Crippen molar-refractivity contribution in [1.29, 1.82) is 0 Å². The molecule has 0 radical (unpaired) electrons. The van der Waals surface area contributed by atoms with Gasteiger partial charge in [0.25, 0.3) is 0 Å². The molecule has 7 nitrogen and oxygen atoms in total. The molecule has 0 aliphatic heterocycles. The van der Waals surface area contributed by atoms with Crippen molar-refractivity contribution < 1.29 is 78.3 Å². The molecule has 0 unspecified atom stereocenters. The minimum absolute atomic E-state index is 0. The first-order chi connectivity index (χ1) is 12.1. The van der Waals surface area contributed by atoms with Gasteiger partial charge in [-0.15, -0.1) is 0 Å². The Labute approximate surface area is 190 Å². The summed E-state index contributed by atoms with van der Waals surface area (Å²) in [5, 5.41) is 0. The average Bonchev–Trinajstić information content (AvgIpc) is 2.48. The first-order valence-electron chi connectivity index (χ1n) is 7.32. The van der Waals surface area contributed by atoms with Crippen molar-refractivity contribution in [2.45, 2.75) is 25.4 Å². The van der Waals surface area contributed by atoms with Crippen LogP contribution in [-0.4, -0.2) is 87.2 Å². The van der Waals surface area contributed by atoms with Gasteiger partial charge in [-0.05, 0) is 26.9 Å². The quantitative estimate of drug-likeness (QED) is 0.0907. The van der Waals surface area contributed by atoms with Crippen LogP contribution in [0, 0.1) is 0 Å². The third-order valence-electron chi connectivity index (χ3n) is 2.73. The molecule has 0 aromatic carbocycles. The maximum Gasteiger partial charge on any atom is 1.00 e. The zero-order chi connectivity index (χ0) is 21.7. The van der Waals surface area contributed by atoms with Gasteiger partial charge in [-0.3, -0.25) is 0 Å².